The predicted octanol–water partition coefficient (Wildman–Crippen LogP) is 4.99. The van der Waals surface area contributed by atoms with Crippen molar-refractivity contribution in [1.29, 1.82) is 0 Å². The number of benzene rings is 1. The van der Waals surface area contributed by atoms with Crippen molar-refractivity contribution in [2.45, 2.75) is 40.0 Å². The smallest absolute Gasteiger partial charge is 0.343 e. The maximum Gasteiger partial charge on any atom is 0.343 e. The fourth-order valence-electron chi connectivity index (χ4n) is 4.10. The highest BCUT2D eigenvalue weighted by atomic mass is 35.5. The third kappa shape index (κ3) is 4.95. The Morgan fingerprint density at radius 2 is 1.97 bits per heavy atom. The van der Waals surface area contributed by atoms with Crippen LogP contribution in [0.1, 0.15) is 60.7 Å². The topological polar surface area (TPSA) is 77.2 Å². The Morgan fingerprint density at radius 1 is 1.26 bits per heavy atom. The quantitative estimate of drug-likeness (QED) is 0.473. The first-order valence-corrected chi connectivity index (χ1v) is 11.4. The zero-order valence-corrected chi connectivity index (χ0v) is 20.7. The first kappa shape index (κ1) is 25.7. The largest absolute Gasteiger partial charge is 0.495 e. The van der Waals surface area contributed by atoms with Crippen LogP contribution in [0.5, 0.6) is 5.75 Å². The van der Waals surface area contributed by atoms with Gasteiger partial charge in [-0.05, 0) is 47.2 Å². The fraction of sp³-hybridized carbons (Fsp3) is 0.385. The van der Waals surface area contributed by atoms with Gasteiger partial charge < -0.3 is 14.6 Å². The molecule has 0 bridgehead atoms. The van der Waals surface area contributed by atoms with E-state index in [4.69, 9.17) is 21.1 Å². The third-order valence-corrected chi connectivity index (χ3v) is 6.14. The van der Waals surface area contributed by atoms with Gasteiger partial charge in [0.2, 0.25) is 0 Å². The summed E-state index contributed by atoms with van der Waals surface area (Å²) in [6.45, 7) is 7.44. The molecule has 2 heterocycles. The number of pyridine rings is 2. The number of methoxy groups -OCH3 is 1. The molecule has 182 valence electrons. The highest BCUT2D eigenvalue weighted by Gasteiger charge is 2.31. The van der Waals surface area contributed by atoms with Crippen LogP contribution in [0.3, 0.4) is 0 Å². The van der Waals surface area contributed by atoms with Gasteiger partial charge in [0.1, 0.15) is 17.1 Å². The Labute approximate surface area is 202 Å². The molecule has 2 aromatic heterocycles. The summed E-state index contributed by atoms with van der Waals surface area (Å²) in [6.07, 6.45) is 1.71. The number of rotatable bonds is 7. The van der Waals surface area contributed by atoms with Crippen molar-refractivity contribution < 1.29 is 23.8 Å². The summed E-state index contributed by atoms with van der Waals surface area (Å²) >= 11 is 5.93. The molecule has 0 fully saturated rings. The number of aliphatic hydroxyl groups is 1. The van der Waals surface area contributed by atoms with Crippen LogP contribution in [0.25, 0.3) is 5.52 Å². The van der Waals surface area contributed by atoms with Gasteiger partial charge >= 0.3 is 5.97 Å². The van der Waals surface area contributed by atoms with Crippen LogP contribution in [-0.4, -0.2) is 35.8 Å². The zero-order chi connectivity index (χ0) is 25.2. The summed E-state index contributed by atoms with van der Waals surface area (Å²) in [4.78, 5) is 26.0. The van der Waals surface area contributed by atoms with Crippen LogP contribution in [-0.2, 0) is 11.2 Å². The number of hydrogen-bond donors (Lipinski definition) is 1. The van der Waals surface area contributed by atoms with Gasteiger partial charge in [0, 0.05) is 18.5 Å². The van der Waals surface area contributed by atoms with E-state index < -0.39 is 28.7 Å². The SMILES string of the molecule is CCOC(=O)c1cc([C@H](CO)C(C)(C)C)c2c(OC)cc(Cc3cccc(Cl)c3F)cn2c1=O. The lowest BCUT2D eigenvalue weighted by Crippen LogP contribution is -2.29. The molecule has 0 saturated heterocycles. The summed E-state index contributed by atoms with van der Waals surface area (Å²) in [5, 5.41) is 10.3. The maximum atomic E-state index is 14.5. The molecule has 3 aromatic rings. The van der Waals surface area contributed by atoms with E-state index in [1.807, 2.05) is 20.8 Å². The molecule has 8 heteroatoms. The van der Waals surface area contributed by atoms with Gasteiger partial charge in [-0.2, -0.15) is 0 Å². The molecule has 0 saturated carbocycles. The lowest BCUT2D eigenvalue weighted by atomic mass is 9.76. The summed E-state index contributed by atoms with van der Waals surface area (Å²) in [5.41, 5.74) is 0.814. The van der Waals surface area contributed by atoms with Crippen LogP contribution in [0.4, 0.5) is 4.39 Å². The molecule has 3 rings (SSSR count). The molecule has 1 aromatic carbocycles. The van der Waals surface area contributed by atoms with E-state index in [1.54, 1.807) is 31.3 Å². The van der Waals surface area contributed by atoms with Crippen LogP contribution in [0.15, 0.2) is 41.3 Å². The molecule has 1 atom stereocenters. The first-order valence-electron chi connectivity index (χ1n) is 11.0. The van der Waals surface area contributed by atoms with Crippen molar-refractivity contribution in [3.8, 4) is 5.75 Å². The highest BCUT2D eigenvalue weighted by molar-refractivity contribution is 6.30. The minimum absolute atomic E-state index is 0.00488. The number of aliphatic hydroxyl groups excluding tert-OH is 1. The fourth-order valence-corrected chi connectivity index (χ4v) is 4.29. The number of carbonyl (C=O) groups is 1. The number of ether oxygens (including phenoxy) is 2. The predicted molar refractivity (Wildman–Crippen MR) is 130 cm³/mol. The van der Waals surface area contributed by atoms with Crippen LogP contribution in [0, 0.1) is 11.2 Å². The van der Waals surface area contributed by atoms with Crippen LogP contribution < -0.4 is 10.3 Å². The van der Waals surface area contributed by atoms with Gasteiger partial charge in [-0.1, -0.05) is 44.5 Å². The number of carbonyl (C=O) groups excluding carboxylic acids is 1. The normalized spacial score (nSPS) is 12.6. The Hall–Kier alpha value is -2.90. The molecule has 1 N–H and O–H groups in total. The Morgan fingerprint density at radius 3 is 2.56 bits per heavy atom. The molecule has 0 aliphatic carbocycles. The van der Waals surface area contributed by atoms with E-state index in [-0.39, 0.29) is 30.2 Å². The van der Waals surface area contributed by atoms with Crippen molar-refractivity contribution >= 4 is 23.1 Å². The number of halogens is 2. The van der Waals surface area contributed by atoms with Crippen LogP contribution >= 0.6 is 11.6 Å². The summed E-state index contributed by atoms with van der Waals surface area (Å²) in [6, 6.07) is 7.94. The van der Waals surface area contributed by atoms with E-state index >= 15 is 0 Å². The number of nitrogens with zero attached hydrogens (tertiary/aromatic N) is 1. The summed E-state index contributed by atoms with van der Waals surface area (Å²) in [5.74, 6) is -1.34. The van der Waals surface area contributed by atoms with E-state index in [2.05, 4.69) is 0 Å². The van der Waals surface area contributed by atoms with Crippen molar-refractivity contribution in [1.82, 2.24) is 4.40 Å². The van der Waals surface area contributed by atoms with E-state index in [0.717, 1.165) is 0 Å². The van der Waals surface area contributed by atoms with E-state index in [0.29, 0.717) is 28.0 Å². The first-order chi connectivity index (χ1) is 16.0. The molecule has 0 unspecified atom stereocenters. The highest BCUT2D eigenvalue weighted by Crippen LogP contribution is 2.39. The second-order valence-corrected chi connectivity index (χ2v) is 9.57. The lowest BCUT2D eigenvalue weighted by Gasteiger charge is -2.31. The molecule has 0 radical (unpaired) electrons. The molecule has 0 spiro atoms. The molecule has 6 nitrogen and oxygen atoms in total. The molecule has 0 aliphatic rings. The Bertz CT molecular complexity index is 1280. The van der Waals surface area contributed by atoms with Gasteiger partial charge in [0.15, 0.2) is 0 Å². The van der Waals surface area contributed by atoms with Crippen LogP contribution in [0.2, 0.25) is 5.02 Å². The average Bonchev–Trinajstić information content (AvgIpc) is 2.77. The number of hydrogen-bond acceptors (Lipinski definition) is 5. The molecular formula is C26H29ClFNO5. The van der Waals surface area contributed by atoms with Gasteiger partial charge in [-0.3, -0.25) is 9.20 Å². The van der Waals surface area contributed by atoms with Gasteiger partial charge in [0.05, 0.1) is 30.9 Å². The Kier molecular flexibility index (Phi) is 7.68. The molecule has 0 aliphatic heterocycles. The van der Waals surface area contributed by atoms with Crippen molar-refractivity contribution in [3.63, 3.8) is 0 Å². The number of esters is 1. The van der Waals surface area contributed by atoms with Crippen molar-refractivity contribution in [2.75, 3.05) is 20.3 Å². The minimum atomic E-state index is -0.751. The summed E-state index contributed by atoms with van der Waals surface area (Å²) in [7, 11) is 1.47. The van der Waals surface area contributed by atoms with Gasteiger partial charge in [0.25, 0.3) is 5.56 Å². The molecule has 0 amide bonds. The van der Waals surface area contributed by atoms with Gasteiger partial charge in [-0.15, -0.1) is 0 Å². The third-order valence-electron chi connectivity index (χ3n) is 5.85. The molecule has 34 heavy (non-hydrogen) atoms. The van der Waals surface area contributed by atoms with Crippen molar-refractivity contribution in [2.24, 2.45) is 5.41 Å². The lowest BCUT2D eigenvalue weighted by molar-refractivity contribution is 0.0523. The molecular weight excluding hydrogens is 461 g/mol. The Balaban J connectivity index is 2.36. The zero-order valence-electron chi connectivity index (χ0n) is 19.9. The number of fused-ring (bicyclic) bond motifs is 1. The standard InChI is InChI=1S/C26H29ClFNO5/c1-6-34-25(32)18-12-17(19(14-30)26(2,3)4)23-21(33-5)11-15(13-29(23)24(18)31)10-16-8-7-9-20(27)22(16)28/h7-9,11-13,19,30H,6,10,14H2,1-5H3/t19-/m0/s1. The minimum Gasteiger partial charge on any atom is -0.495 e. The second-order valence-electron chi connectivity index (χ2n) is 9.17. The monoisotopic (exact) mass is 489 g/mol. The second kappa shape index (κ2) is 10.2. The van der Waals surface area contributed by atoms with Gasteiger partial charge in [-0.25, -0.2) is 9.18 Å². The van der Waals surface area contributed by atoms with Crippen molar-refractivity contribution in [3.05, 3.63) is 80.0 Å². The van der Waals surface area contributed by atoms with E-state index in [9.17, 15) is 19.1 Å². The maximum absolute atomic E-state index is 14.5. The average molecular weight is 490 g/mol. The number of aromatic nitrogens is 1. The van der Waals surface area contributed by atoms with E-state index in [1.165, 1.54) is 23.6 Å². The summed E-state index contributed by atoms with van der Waals surface area (Å²) < 4.78 is 26.6.